The highest BCUT2D eigenvalue weighted by Crippen LogP contribution is 2.16. The first-order valence-electron chi connectivity index (χ1n) is 4.82. The summed E-state index contributed by atoms with van der Waals surface area (Å²) in [5.74, 6) is -1.97. The van der Waals surface area contributed by atoms with Crippen molar-refractivity contribution in [2.24, 2.45) is 0 Å². The van der Waals surface area contributed by atoms with E-state index in [1.165, 1.54) is 0 Å². The van der Waals surface area contributed by atoms with Crippen LogP contribution in [0.5, 0.6) is 0 Å². The number of aryl methyl sites for hydroxylation is 1. The number of amides is 1. The molecular weight excluding hydrogens is 340 g/mol. The predicted octanol–water partition coefficient (Wildman–Crippen LogP) is 1.75. The Hall–Kier alpha value is -1.18. The number of carbonyl (C=O) groups excluding carboxylic acids is 1. The molecule has 0 radical (unpaired) electrons. The van der Waals surface area contributed by atoms with E-state index < -0.39 is 24.6 Å². The lowest BCUT2D eigenvalue weighted by Crippen LogP contribution is -2.42. The summed E-state index contributed by atoms with van der Waals surface area (Å²) >= 11 is 1.99. The standard InChI is InChI=1S/C11H11FINO3/c1-6-3-2-4-7(9(6)13)10(15)14-8(5-12)11(16)17/h2-4,8H,5H2,1H3,(H,14,15)(H,16,17). The van der Waals surface area contributed by atoms with Crippen LogP contribution in [-0.2, 0) is 4.79 Å². The first-order valence-corrected chi connectivity index (χ1v) is 5.90. The van der Waals surface area contributed by atoms with E-state index in [1.807, 2.05) is 35.6 Å². The summed E-state index contributed by atoms with van der Waals surface area (Å²) < 4.78 is 13.1. The second kappa shape index (κ2) is 5.95. The van der Waals surface area contributed by atoms with Gasteiger partial charge in [-0.3, -0.25) is 4.79 Å². The smallest absolute Gasteiger partial charge is 0.328 e. The minimum atomic E-state index is -1.50. The third-order valence-corrected chi connectivity index (χ3v) is 3.63. The van der Waals surface area contributed by atoms with Crippen molar-refractivity contribution in [3.8, 4) is 0 Å². The Morgan fingerprint density at radius 3 is 2.71 bits per heavy atom. The normalized spacial score (nSPS) is 11.9. The van der Waals surface area contributed by atoms with Gasteiger partial charge < -0.3 is 10.4 Å². The molecule has 1 amide bonds. The molecule has 2 N–H and O–H groups in total. The summed E-state index contributed by atoms with van der Waals surface area (Å²) in [6, 6.07) is 3.60. The van der Waals surface area contributed by atoms with Crippen molar-refractivity contribution in [2.45, 2.75) is 13.0 Å². The van der Waals surface area contributed by atoms with Crippen molar-refractivity contribution in [2.75, 3.05) is 6.67 Å². The second-order valence-corrected chi connectivity index (χ2v) is 4.53. The molecule has 17 heavy (non-hydrogen) atoms. The highest BCUT2D eigenvalue weighted by atomic mass is 127. The van der Waals surface area contributed by atoms with Crippen LogP contribution in [0, 0.1) is 10.5 Å². The molecule has 0 aromatic heterocycles. The Labute approximate surface area is 111 Å². The second-order valence-electron chi connectivity index (χ2n) is 3.46. The number of rotatable bonds is 4. The third kappa shape index (κ3) is 3.39. The quantitative estimate of drug-likeness (QED) is 0.813. The highest BCUT2D eigenvalue weighted by Gasteiger charge is 2.21. The van der Waals surface area contributed by atoms with Gasteiger partial charge in [0, 0.05) is 3.57 Å². The molecule has 0 bridgehead atoms. The molecule has 0 spiro atoms. The Morgan fingerprint density at radius 2 is 2.18 bits per heavy atom. The van der Waals surface area contributed by atoms with Gasteiger partial charge in [-0.25, -0.2) is 9.18 Å². The zero-order valence-corrected chi connectivity index (χ0v) is 11.2. The lowest BCUT2D eigenvalue weighted by Gasteiger charge is -2.12. The molecule has 1 aromatic rings. The van der Waals surface area contributed by atoms with Crippen molar-refractivity contribution in [1.82, 2.24) is 5.32 Å². The van der Waals surface area contributed by atoms with Gasteiger partial charge >= 0.3 is 5.97 Å². The fourth-order valence-corrected chi connectivity index (χ4v) is 1.83. The topological polar surface area (TPSA) is 66.4 Å². The molecular formula is C11H11FINO3. The van der Waals surface area contributed by atoms with Crippen LogP contribution in [0.25, 0.3) is 0 Å². The Balaban J connectivity index is 2.90. The molecule has 0 saturated carbocycles. The zero-order chi connectivity index (χ0) is 13.0. The molecule has 0 aliphatic carbocycles. The van der Waals surface area contributed by atoms with E-state index in [4.69, 9.17) is 5.11 Å². The van der Waals surface area contributed by atoms with Gasteiger partial charge in [0.05, 0.1) is 5.56 Å². The number of carboxylic acid groups (broad SMARTS) is 1. The SMILES string of the molecule is Cc1cccc(C(=O)NC(CF)C(=O)O)c1I. The molecule has 1 aromatic carbocycles. The summed E-state index contributed by atoms with van der Waals surface area (Å²) in [4.78, 5) is 22.3. The number of carbonyl (C=O) groups is 2. The number of hydrogen-bond donors (Lipinski definition) is 2. The van der Waals surface area contributed by atoms with Gasteiger partial charge in [0.2, 0.25) is 0 Å². The summed E-state index contributed by atoms with van der Waals surface area (Å²) in [6.45, 7) is 0.700. The van der Waals surface area contributed by atoms with E-state index in [2.05, 4.69) is 5.32 Å². The van der Waals surface area contributed by atoms with Crippen molar-refractivity contribution >= 4 is 34.5 Å². The van der Waals surface area contributed by atoms with Crippen LogP contribution in [0.15, 0.2) is 18.2 Å². The van der Waals surface area contributed by atoms with E-state index >= 15 is 0 Å². The Bertz CT molecular complexity index is 450. The summed E-state index contributed by atoms with van der Waals surface area (Å²) in [5, 5.41) is 10.8. The van der Waals surface area contributed by atoms with Gasteiger partial charge in [-0.15, -0.1) is 0 Å². The minimum absolute atomic E-state index is 0.352. The number of alkyl halides is 1. The molecule has 1 unspecified atom stereocenters. The van der Waals surface area contributed by atoms with Gasteiger partial charge in [0.1, 0.15) is 6.67 Å². The molecule has 92 valence electrons. The molecule has 4 nitrogen and oxygen atoms in total. The molecule has 0 saturated heterocycles. The van der Waals surface area contributed by atoms with Crippen LogP contribution in [0.1, 0.15) is 15.9 Å². The molecule has 0 fully saturated rings. The first-order chi connectivity index (χ1) is 7.97. The fraction of sp³-hybridized carbons (Fsp3) is 0.273. The summed E-state index contributed by atoms with van der Waals surface area (Å²) in [5.41, 5.74) is 1.26. The van der Waals surface area contributed by atoms with E-state index in [-0.39, 0.29) is 0 Å². The van der Waals surface area contributed by atoms with Crippen molar-refractivity contribution < 1.29 is 19.1 Å². The molecule has 1 rings (SSSR count). The number of hydrogen-bond acceptors (Lipinski definition) is 2. The van der Waals surface area contributed by atoms with E-state index in [9.17, 15) is 14.0 Å². The fourth-order valence-electron chi connectivity index (χ4n) is 1.23. The van der Waals surface area contributed by atoms with Crippen molar-refractivity contribution in [1.29, 1.82) is 0 Å². The average Bonchev–Trinajstić information content (AvgIpc) is 2.28. The van der Waals surface area contributed by atoms with Gasteiger partial charge in [-0.1, -0.05) is 12.1 Å². The van der Waals surface area contributed by atoms with Crippen LogP contribution >= 0.6 is 22.6 Å². The van der Waals surface area contributed by atoms with Gasteiger partial charge in [0.25, 0.3) is 5.91 Å². The third-order valence-electron chi connectivity index (χ3n) is 2.19. The van der Waals surface area contributed by atoms with Crippen LogP contribution in [0.4, 0.5) is 4.39 Å². The monoisotopic (exact) mass is 351 g/mol. The lowest BCUT2D eigenvalue weighted by atomic mass is 10.1. The van der Waals surface area contributed by atoms with Crippen molar-refractivity contribution in [3.63, 3.8) is 0 Å². The Kier molecular flexibility index (Phi) is 4.86. The number of carboxylic acids is 1. The van der Waals surface area contributed by atoms with E-state index in [1.54, 1.807) is 12.1 Å². The number of benzene rings is 1. The maximum Gasteiger partial charge on any atom is 0.328 e. The molecule has 1 atom stereocenters. The largest absolute Gasteiger partial charge is 0.480 e. The zero-order valence-electron chi connectivity index (χ0n) is 9.04. The first kappa shape index (κ1) is 13.9. The maximum absolute atomic E-state index is 12.4. The van der Waals surface area contributed by atoms with E-state index in [0.29, 0.717) is 5.56 Å². The number of halogens is 2. The van der Waals surface area contributed by atoms with Crippen molar-refractivity contribution in [3.05, 3.63) is 32.9 Å². The molecule has 0 heterocycles. The van der Waals surface area contributed by atoms with Gasteiger partial charge in [0.15, 0.2) is 6.04 Å². The van der Waals surface area contributed by atoms with Crippen LogP contribution in [0.3, 0.4) is 0 Å². The number of aliphatic carboxylic acids is 1. The lowest BCUT2D eigenvalue weighted by molar-refractivity contribution is -0.139. The summed E-state index contributed by atoms with van der Waals surface area (Å²) in [6.07, 6.45) is 0. The summed E-state index contributed by atoms with van der Waals surface area (Å²) in [7, 11) is 0. The van der Waals surface area contributed by atoms with Crippen LogP contribution < -0.4 is 5.32 Å². The molecule has 0 aliphatic rings. The molecule has 6 heteroatoms. The Morgan fingerprint density at radius 1 is 1.53 bits per heavy atom. The number of nitrogens with one attached hydrogen (secondary N) is 1. The van der Waals surface area contributed by atoms with Crippen LogP contribution in [-0.4, -0.2) is 29.7 Å². The van der Waals surface area contributed by atoms with Crippen LogP contribution in [0.2, 0.25) is 0 Å². The van der Waals surface area contributed by atoms with Gasteiger partial charge in [-0.05, 0) is 41.1 Å². The van der Waals surface area contributed by atoms with Gasteiger partial charge in [-0.2, -0.15) is 0 Å². The minimum Gasteiger partial charge on any atom is -0.480 e. The predicted molar refractivity (Wildman–Crippen MR) is 68.8 cm³/mol. The van der Waals surface area contributed by atoms with E-state index in [0.717, 1.165) is 9.13 Å². The maximum atomic E-state index is 12.4. The highest BCUT2D eigenvalue weighted by molar-refractivity contribution is 14.1. The molecule has 0 aliphatic heterocycles. The average molecular weight is 351 g/mol.